The van der Waals surface area contributed by atoms with Crippen LogP contribution in [0.3, 0.4) is 0 Å². The van der Waals surface area contributed by atoms with Gasteiger partial charge in [0.1, 0.15) is 0 Å². The van der Waals surface area contributed by atoms with Gasteiger partial charge in [-0.05, 0) is 35.8 Å². The Hall–Kier alpha value is -0.0400. The average Bonchev–Trinajstić information content (AvgIpc) is 2.65. The lowest BCUT2D eigenvalue weighted by molar-refractivity contribution is -0.119. The van der Waals surface area contributed by atoms with E-state index in [0.29, 0.717) is 12.3 Å². The van der Waals surface area contributed by atoms with Gasteiger partial charge in [0.05, 0.1) is 11.0 Å². The summed E-state index contributed by atoms with van der Waals surface area (Å²) in [5, 5.41) is 5.11. The van der Waals surface area contributed by atoms with Gasteiger partial charge in [0.25, 0.3) is 0 Å². The maximum Gasteiger partial charge on any atom is 0.230 e. The van der Waals surface area contributed by atoms with Gasteiger partial charge in [0, 0.05) is 27.3 Å². The monoisotopic (exact) mass is 336 g/mol. The van der Waals surface area contributed by atoms with Crippen molar-refractivity contribution in [2.24, 2.45) is 5.73 Å². The van der Waals surface area contributed by atoms with Gasteiger partial charge in [-0.25, -0.2) is 0 Å². The molecular weight excluding hydrogens is 320 g/mol. The number of amides is 1. The summed E-state index contributed by atoms with van der Waals surface area (Å²) in [6.07, 6.45) is 0. The van der Waals surface area contributed by atoms with Gasteiger partial charge in [-0.1, -0.05) is 0 Å². The van der Waals surface area contributed by atoms with Crippen LogP contribution in [0.1, 0.15) is 24.0 Å². The lowest BCUT2D eigenvalue weighted by Crippen LogP contribution is -2.31. The van der Waals surface area contributed by atoms with Crippen molar-refractivity contribution in [3.8, 4) is 0 Å². The molecule has 0 aliphatic heterocycles. The van der Waals surface area contributed by atoms with Crippen molar-refractivity contribution < 1.29 is 4.79 Å². The molecule has 1 unspecified atom stereocenters. The molecule has 1 aromatic rings. The summed E-state index contributed by atoms with van der Waals surface area (Å²) < 4.78 is 1.07. The topological polar surface area (TPSA) is 55.1 Å². The number of thioether (sulfide) groups is 1. The second-order valence-electron chi connectivity index (χ2n) is 3.92. The minimum absolute atomic E-state index is 0.0686. The van der Waals surface area contributed by atoms with Crippen molar-refractivity contribution in [2.75, 3.05) is 12.3 Å². The van der Waals surface area contributed by atoms with Crippen molar-refractivity contribution in [2.45, 2.75) is 25.1 Å². The van der Waals surface area contributed by atoms with E-state index in [-0.39, 0.29) is 17.2 Å². The maximum atomic E-state index is 11.5. The van der Waals surface area contributed by atoms with Crippen LogP contribution in [-0.4, -0.2) is 24.2 Å². The van der Waals surface area contributed by atoms with E-state index in [9.17, 15) is 4.79 Å². The summed E-state index contributed by atoms with van der Waals surface area (Å²) in [7, 11) is 0. The van der Waals surface area contributed by atoms with Gasteiger partial charge in [-0.3, -0.25) is 4.79 Å². The van der Waals surface area contributed by atoms with Crippen molar-refractivity contribution in [1.29, 1.82) is 0 Å². The van der Waals surface area contributed by atoms with Gasteiger partial charge >= 0.3 is 0 Å². The van der Waals surface area contributed by atoms with Crippen LogP contribution in [0.15, 0.2) is 15.9 Å². The zero-order chi connectivity index (χ0) is 12.8. The smallest absolute Gasteiger partial charge is 0.230 e. The summed E-state index contributed by atoms with van der Waals surface area (Å²) in [6, 6.07) is 2.26. The normalized spacial score (nSPS) is 12.8. The first-order chi connectivity index (χ1) is 8.02. The minimum Gasteiger partial charge on any atom is -0.353 e. The lowest BCUT2D eigenvalue weighted by Gasteiger charge is -2.13. The van der Waals surface area contributed by atoms with Crippen LogP contribution >= 0.6 is 39.0 Å². The van der Waals surface area contributed by atoms with E-state index < -0.39 is 0 Å². The van der Waals surface area contributed by atoms with Gasteiger partial charge in [0.15, 0.2) is 0 Å². The molecule has 0 bridgehead atoms. The van der Waals surface area contributed by atoms with Gasteiger partial charge in [-0.15, -0.1) is 23.1 Å². The van der Waals surface area contributed by atoms with E-state index in [1.54, 1.807) is 23.1 Å². The molecule has 0 saturated heterocycles. The molecule has 0 saturated carbocycles. The first-order valence-electron chi connectivity index (χ1n) is 5.38. The molecule has 1 atom stereocenters. The summed E-state index contributed by atoms with van der Waals surface area (Å²) in [6.45, 7) is 4.46. The molecule has 1 amide bonds. The summed E-state index contributed by atoms with van der Waals surface area (Å²) in [5.74, 6) is 0.523. The highest BCUT2D eigenvalue weighted by atomic mass is 79.9. The second-order valence-corrected chi connectivity index (χ2v) is 6.97. The molecule has 0 radical (unpaired) electrons. The number of carbonyl (C=O) groups excluding carboxylic acids is 1. The summed E-state index contributed by atoms with van der Waals surface area (Å²) >= 11 is 6.68. The van der Waals surface area contributed by atoms with E-state index in [1.807, 2.05) is 19.2 Å². The van der Waals surface area contributed by atoms with Crippen LogP contribution in [0, 0.1) is 0 Å². The van der Waals surface area contributed by atoms with Crippen molar-refractivity contribution in [3.05, 3.63) is 20.8 Å². The standard InChI is InChI=1S/C11H17BrN2OS2/c1-7(2)14-11(15)6-17-10(4-13)9-3-8(12)5-16-9/h3,5,7,10H,4,6,13H2,1-2H3,(H,14,15). The molecule has 3 N–H and O–H groups in total. The SMILES string of the molecule is CC(C)NC(=O)CSC(CN)c1cc(Br)cs1. The van der Waals surface area contributed by atoms with Gasteiger partial charge in [0.2, 0.25) is 5.91 Å². The van der Waals surface area contributed by atoms with E-state index in [0.717, 1.165) is 4.47 Å². The second kappa shape index (κ2) is 7.41. The quantitative estimate of drug-likeness (QED) is 0.839. The zero-order valence-electron chi connectivity index (χ0n) is 9.90. The molecule has 1 aromatic heterocycles. The Morgan fingerprint density at radius 1 is 1.65 bits per heavy atom. The van der Waals surface area contributed by atoms with E-state index >= 15 is 0 Å². The summed E-state index contributed by atoms with van der Waals surface area (Å²) in [5.41, 5.74) is 5.74. The summed E-state index contributed by atoms with van der Waals surface area (Å²) in [4.78, 5) is 12.7. The van der Waals surface area contributed by atoms with Crippen LogP contribution < -0.4 is 11.1 Å². The fourth-order valence-electron chi connectivity index (χ4n) is 1.30. The fraction of sp³-hybridized carbons (Fsp3) is 0.545. The fourth-order valence-corrected chi connectivity index (χ4v) is 3.92. The highest BCUT2D eigenvalue weighted by Crippen LogP contribution is 2.33. The average molecular weight is 337 g/mol. The van der Waals surface area contributed by atoms with Gasteiger partial charge in [-0.2, -0.15) is 0 Å². The molecule has 0 aliphatic carbocycles. The molecule has 0 aromatic carbocycles. The van der Waals surface area contributed by atoms with Crippen LogP contribution in [-0.2, 0) is 4.79 Å². The Balaban J connectivity index is 2.45. The molecule has 0 spiro atoms. The van der Waals surface area contributed by atoms with E-state index in [4.69, 9.17) is 5.73 Å². The van der Waals surface area contributed by atoms with Crippen LogP contribution in [0.5, 0.6) is 0 Å². The number of nitrogens with one attached hydrogen (secondary N) is 1. The third kappa shape index (κ3) is 5.42. The first kappa shape index (κ1) is 15.0. The first-order valence-corrected chi connectivity index (χ1v) is 8.10. The Morgan fingerprint density at radius 2 is 2.35 bits per heavy atom. The third-order valence-electron chi connectivity index (χ3n) is 1.98. The highest BCUT2D eigenvalue weighted by molar-refractivity contribution is 9.10. The molecular formula is C11H17BrN2OS2. The Kier molecular flexibility index (Phi) is 6.54. The van der Waals surface area contributed by atoms with Crippen molar-refractivity contribution >= 4 is 44.9 Å². The lowest BCUT2D eigenvalue weighted by atomic mass is 10.3. The van der Waals surface area contributed by atoms with Crippen molar-refractivity contribution in [3.63, 3.8) is 0 Å². The number of nitrogens with two attached hydrogens (primary N) is 1. The largest absolute Gasteiger partial charge is 0.353 e. The predicted molar refractivity (Wildman–Crippen MR) is 79.6 cm³/mol. The minimum atomic E-state index is 0.0686. The van der Waals surface area contributed by atoms with Crippen molar-refractivity contribution in [1.82, 2.24) is 5.32 Å². The van der Waals surface area contributed by atoms with E-state index in [2.05, 4.69) is 27.3 Å². The molecule has 0 aliphatic rings. The molecule has 96 valence electrons. The number of carbonyl (C=O) groups is 1. The molecule has 17 heavy (non-hydrogen) atoms. The number of halogens is 1. The third-order valence-corrected chi connectivity index (χ3v) is 5.22. The number of thiophene rings is 1. The van der Waals surface area contributed by atoms with Crippen LogP contribution in [0.4, 0.5) is 0 Å². The highest BCUT2D eigenvalue weighted by Gasteiger charge is 2.14. The number of hydrogen-bond donors (Lipinski definition) is 2. The van der Waals surface area contributed by atoms with Gasteiger partial charge < -0.3 is 11.1 Å². The molecule has 1 heterocycles. The number of hydrogen-bond acceptors (Lipinski definition) is 4. The maximum absolute atomic E-state index is 11.5. The number of rotatable bonds is 6. The molecule has 3 nitrogen and oxygen atoms in total. The molecule has 6 heteroatoms. The predicted octanol–water partition coefficient (Wildman–Crippen LogP) is 2.77. The van der Waals surface area contributed by atoms with Crippen LogP contribution in [0.25, 0.3) is 0 Å². The molecule has 0 fully saturated rings. The molecule has 1 rings (SSSR count). The zero-order valence-corrected chi connectivity index (χ0v) is 13.1. The van der Waals surface area contributed by atoms with Crippen LogP contribution in [0.2, 0.25) is 0 Å². The van der Waals surface area contributed by atoms with E-state index in [1.165, 1.54) is 4.88 Å². The Labute approximate surface area is 119 Å². The Morgan fingerprint density at radius 3 is 2.82 bits per heavy atom. The Bertz CT molecular complexity index is 368.